The van der Waals surface area contributed by atoms with Gasteiger partial charge in [0, 0.05) is 24.5 Å². The summed E-state index contributed by atoms with van der Waals surface area (Å²) in [6.45, 7) is 0.151. The van der Waals surface area contributed by atoms with E-state index >= 15 is 0 Å². The van der Waals surface area contributed by atoms with Crippen LogP contribution in [0.15, 0.2) is 41.8 Å². The zero-order valence-corrected chi connectivity index (χ0v) is 12.1. The first-order valence-corrected chi connectivity index (χ1v) is 6.87. The molecule has 0 atom stereocenters. The number of fused-ring (bicyclic) bond motifs is 1. The van der Waals surface area contributed by atoms with E-state index in [0.717, 1.165) is 22.7 Å². The second-order valence-corrected chi connectivity index (χ2v) is 4.77. The summed E-state index contributed by atoms with van der Waals surface area (Å²) in [4.78, 5) is 15.8. The topological polar surface area (TPSA) is 128 Å². The van der Waals surface area contributed by atoms with Crippen LogP contribution in [-0.4, -0.2) is 33.4 Å². The lowest BCUT2D eigenvalue weighted by Gasteiger charge is -2.03. The number of nitrogens with two attached hydrogens (primary N) is 1. The van der Waals surface area contributed by atoms with Crippen molar-refractivity contribution in [2.24, 2.45) is 10.7 Å². The molecule has 0 spiro atoms. The van der Waals surface area contributed by atoms with E-state index in [1.165, 1.54) is 6.33 Å². The Balaban J connectivity index is 2.25. The molecular weight excluding hydrogens is 290 g/mol. The zero-order chi connectivity index (χ0) is 16.2. The van der Waals surface area contributed by atoms with Crippen molar-refractivity contribution in [3.8, 4) is 17.2 Å². The van der Waals surface area contributed by atoms with Gasteiger partial charge in [0.15, 0.2) is 5.82 Å². The molecule has 0 unspecified atom stereocenters. The molecule has 4 N–H and O–H groups in total. The summed E-state index contributed by atoms with van der Waals surface area (Å²) in [5, 5.41) is 17.1. The van der Waals surface area contributed by atoms with Crippen molar-refractivity contribution in [1.82, 2.24) is 15.0 Å². The molecule has 0 radical (unpaired) electrons. The van der Waals surface area contributed by atoms with Crippen molar-refractivity contribution in [3.63, 3.8) is 0 Å². The van der Waals surface area contributed by atoms with Gasteiger partial charge in [-0.05, 0) is 17.7 Å². The molecule has 1 aromatic carbocycles. The summed E-state index contributed by atoms with van der Waals surface area (Å²) >= 11 is 0. The molecule has 0 bridgehead atoms. The van der Waals surface area contributed by atoms with Crippen LogP contribution in [0.25, 0.3) is 22.2 Å². The fourth-order valence-electron chi connectivity index (χ4n) is 2.29. The molecule has 0 fully saturated rings. The average molecular weight is 303 g/mol. The lowest BCUT2D eigenvalue weighted by Crippen LogP contribution is -2.14. The highest BCUT2D eigenvalue weighted by atomic mass is 15.0. The maximum absolute atomic E-state index is 9.07. The molecule has 0 aliphatic rings. The summed E-state index contributed by atoms with van der Waals surface area (Å²) in [5.74, 6) is 0.442. The number of nitrogens with zero attached hydrogens (tertiary/aromatic N) is 4. The molecule has 0 aliphatic carbocycles. The molecule has 2 heterocycles. The molecule has 23 heavy (non-hydrogen) atoms. The van der Waals surface area contributed by atoms with Gasteiger partial charge in [-0.15, -0.1) is 0 Å². The average Bonchev–Trinajstić information content (AvgIpc) is 3.04. The number of rotatable bonds is 4. The number of hydrogen-bond donors (Lipinski definition) is 3. The highest BCUT2D eigenvalue weighted by Crippen LogP contribution is 2.33. The van der Waals surface area contributed by atoms with E-state index < -0.39 is 0 Å². The van der Waals surface area contributed by atoms with Gasteiger partial charge >= 0.3 is 0 Å². The van der Waals surface area contributed by atoms with E-state index in [2.05, 4.69) is 26.0 Å². The van der Waals surface area contributed by atoms with Crippen LogP contribution in [0.4, 0.5) is 5.82 Å². The van der Waals surface area contributed by atoms with Gasteiger partial charge in [-0.1, -0.05) is 12.1 Å². The highest BCUT2D eigenvalue weighted by Gasteiger charge is 2.13. The van der Waals surface area contributed by atoms with Crippen molar-refractivity contribution in [2.45, 2.75) is 0 Å². The third kappa shape index (κ3) is 2.71. The summed E-state index contributed by atoms with van der Waals surface area (Å²) in [6.07, 6.45) is 4.32. The summed E-state index contributed by atoms with van der Waals surface area (Å²) in [7, 11) is 0. The fourth-order valence-corrected chi connectivity index (χ4v) is 2.29. The third-order valence-electron chi connectivity index (χ3n) is 3.38. The molecule has 7 heteroatoms. The molecule has 0 amide bonds. The summed E-state index contributed by atoms with van der Waals surface area (Å²) in [6, 6.07) is 9.40. The highest BCUT2D eigenvalue weighted by molar-refractivity contribution is 6.31. The predicted molar refractivity (Wildman–Crippen MR) is 89.0 cm³/mol. The molecule has 0 saturated heterocycles. The van der Waals surface area contributed by atoms with Gasteiger partial charge in [-0.3, -0.25) is 0 Å². The lowest BCUT2D eigenvalue weighted by molar-refractivity contribution is 1.18. The predicted octanol–water partition coefficient (Wildman–Crippen LogP) is 2.18. The molecule has 0 aliphatic heterocycles. The maximum atomic E-state index is 9.07. The van der Waals surface area contributed by atoms with Crippen molar-refractivity contribution in [3.05, 3.63) is 42.4 Å². The zero-order valence-electron chi connectivity index (χ0n) is 12.1. The number of H-pyrrole nitrogens is 1. The summed E-state index contributed by atoms with van der Waals surface area (Å²) < 4.78 is 0. The Bertz CT molecular complexity index is 946. The first kappa shape index (κ1) is 14.6. The van der Waals surface area contributed by atoms with Crippen molar-refractivity contribution < 1.29 is 0 Å². The van der Waals surface area contributed by atoms with Crippen molar-refractivity contribution >= 4 is 28.8 Å². The fraction of sp³-hybridized carbons (Fsp3) is 0.0625. The van der Waals surface area contributed by atoms with E-state index in [-0.39, 0.29) is 6.54 Å². The van der Waals surface area contributed by atoms with Gasteiger partial charge in [-0.25, -0.2) is 15.0 Å². The largest absolute Gasteiger partial charge is 0.345 e. The molecule has 3 rings (SSSR count). The van der Waals surface area contributed by atoms with Gasteiger partial charge in [0.05, 0.1) is 22.7 Å². The van der Waals surface area contributed by atoms with Crippen LogP contribution < -0.4 is 5.73 Å². The second kappa shape index (κ2) is 6.17. The van der Waals surface area contributed by atoms with Crippen LogP contribution in [0.1, 0.15) is 5.56 Å². The summed E-state index contributed by atoms with van der Waals surface area (Å²) in [5.41, 5.74) is 8.91. The Morgan fingerprint density at radius 1 is 1.43 bits per heavy atom. The SMILES string of the molecule is N#Cc1cccc(-c2c[nH]c3ncnc(N=C(C=N)CN)c23)c1. The van der Waals surface area contributed by atoms with Crippen LogP contribution in [0.2, 0.25) is 0 Å². The van der Waals surface area contributed by atoms with Gasteiger partial charge in [0.25, 0.3) is 0 Å². The Kier molecular flexibility index (Phi) is 3.91. The van der Waals surface area contributed by atoms with Gasteiger partial charge < -0.3 is 16.1 Å². The van der Waals surface area contributed by atoms with Crippen LogP contribution in [0.3, 0.4) is 0 Å². The number of aliphatic imine (C=N–C) groups is 1. The smallest absolute Gasteiger partial charge is 0.165 e. The van der Waals surface area contributed by atoms with Crippen LogP contribution in [0, 0.1) is 16.7 Å². The Morgan fingerprint density at radius 3 is 3.04 bits per heavy atom. The molecule has 112 valence electrons. The third-order valence-corrected chi connectivity index (χ3v) is 3.38. The van der Waals surface area contributed by atoms with Crippen LogP contribution >= 0.6 is 0 Å². The Labute approximate surface area is 132 Å². The standard InChI is InChI=1S/C16H13N7/c17-5-10-2-1-3-11(4-10)13-8-20-15-14(13)16(22-9-21-15)23-12(6-18)7-19/h1-4,6,8-9,18H,7,19H2,(H,20,21,22). The number of aromatic amines is 1. The number of nitrogens with one attached hydrogen (secondary N) is 2. The number of nitriles is 1. The molecule has 0 saturated carbocycles. The van der Waals surface area contributed by atoms with E-state index in [9.17, 15) is 0 Å². The Hall–Kier alpha value is -3.37. The second-order valence-electron chi connectivity index (χ2n) is 4.77. The van der Waals surface area contributed by atoms with E-state index in [4.69, 9.17) is 16.4 Å². The van der Waals surface area contributed by atoms with Crippen molar-refractivity contribution in [2.75, 3.05) is 6.54 Å². The molecule has 2 aromatic heterocycles. The van der Waals surface area contributed by atoms with Crippen LogP contribution in [0.5, 0.6) is 0 Å². The normalized spacial score (nSPS) is 11.4. The minimum atomic E-state index is 0.151. The lowest BCUT2D eigenvalue weighted by atomic mass is 10.0. The van der Waals surface area contributed by atoms with E-state index in [1.54, 1.807) is 18.3 Å². The number of aromatic nitrogens is 3. The van der Waals surface area contributed by atoms with E-state index in [0.29, 0.717) is 22.7 Å². The minimum absolute atomic E-state index is 0.151. The minimum Gasteiger partial charge on any atom is -0.345 e. The molecule has 3 aromatic rings. The van der Waals surface area contributed by atoms with Crippen LogP contribution in [-0.2, 0) is 0 Å². The molecule has 7 nitrogen and oxygen atoms in total. The first-order valence-electron chi connectivity index (χ1n) is 6.87. The Morgan fingerprint density at radius 2 is 2.30 bits per heavy atom. The van der Waals surface area contributed by atoms with E-state index in [1.807, 2.05) is 12.1 Å². The first-order chi connectivity index (χ1) is 11.3. The van der Waals surface area contributed by atoms with Gasteiger partial charge in [0.2, 0.25) is 0 Å². The number of hydrogen-bond acceptors (Lipinski definition) is 6. The maximum Gasteiger partial charge on any atom is 0.165 e. The van der Waals surface area contributed by atoms with Gasteiger partial charge in [-0.2, -0.15) is 5.26 Å². The quantitative estimate of drug-likeness (QED) is 0.638. The van der Waals surface area contributed by atoms with Crippen molar-refractivity contribution in [1.29, 1.82) is 10.7 Å². The number of benzene rings is 1. The monoisotopic (exact) mass is 303 g/mol. The van der Waals surface area contributed by atoms with Gasteiger partial charge in [0.1, 0.15) is 12.0 Å². The molecular formula is C16H13N7.